The van der Waals surface area contributed by atoms with Crippen molar-refractivity contribution >= 4 is 39.1 Å². The lowest BCUT2D eigenvalue weighted by Crippen LogP contribution is -2.22. The number of fused-ring (bicyclic) bond motifs is 3. The second-order valence-corrected chi connectivity index (χ2v) is 7.78. The minimum Gasteiger partial charge on any atom is -0.276 e. The number of aryl methyl sites for hydroxylation is 2. The molecule has 0 unspecified atom stereocenters. The number of rotatable bonds is 5. The standard InChI is InChI=1S/C18H18N4OS2/c1-3-9-21-16(23)15-14(8-10-24-15)22-17(21)19-20-18(22)25-11-13-7-5-4-6-12(13)2/h4-8,10H,3,9,11H2,1-2H3. The van der Waals surface area contributed by atoms with E-state index in [1.165, 1.54) is 22.5 Å². The molecule has 0 aliphatic heterocycles. The number of hydrogen-bond donors (Lipinski definition) is 0. The highest BCUT2D eigenvalue weighted by atomic mass is 32.2. The van der Waals surface area contributed by atoms with Crippen molar-refractivity contribution < 1.29 is 0 Å². The van der Waals surface area contributed by atoms with Crippen molar-refractivity contribution in [3.63, 3.8) is 0 Å². The van der Waals surface area contributed by atoms with E-state index in [9.17, 15) is 4.79 Å². The zero-order chi connectivity index (χ0) is 17.4. The van der Waals surface area contributed by atoms with Crippen molar-refractivity contribution in [3.05, 3.63) is 57.2 Å². The molecule has 0 amide bonds. The van der Waals surface area contributed by atoms with Crippen molar-refractivity contribution in [3.8, 4) is 0 Å². The minimum absolute atomic E-state index is 0.0298. The number of nitrogens with zero attached hydrogens (tertiary/aromatic N) is 4. The molecular formula is C18H18N4OS2. The summed E-state index contributed by atoms with van der Waals surface area (Å²) in [7, 11) is 0. The largest absolute Gasteiger partial charge is 0.276 e. The Labute approximate surface area is 153 Å². The number of thioether (sulfide) groups is 1. The number of hydrogen-bond acceptors (Lipinski definition) is 5. The molecule has 128 valence electrons. The highest BCUT2D eigenvalue weighted by molar-refractivity contribution is 7.98. The van der Waals surface area contributed by atoms with E-state index in [0.29, 0.717) is 12.3 Å². The van der Waals surface area contributed by atoms with Crippen LogP contribution in [0.3, 0.4) is 0 Å². The second kappa shape index (κ2) is 6.65. The van der Waals surface area contributed by atoms with E-state index in [1.54, 1.807) is 16.3 Å². The molecule has 0 saturated heterocycles. The number of aromatic nitrogens is 4. The van der Waals surface area contributed by atoms with E-state index >= 15 is 0 Å². The number of thiophene rings is 1. The van der Waals surface area contributed by atoms with Gasteiger partial charge in [-0.3, -0.25) is 13.8 Å². The van der Waals surface area contributed by atoms with Gasteiger partial charge in [-0.25, -0.2) is 0 Å². The third-order valence-electron chi connectivity index (χ3n) is 4.25. The van der Waals surface area contributed by atoms with E-state index in [2.05, 4.69) is 42.2 Å². The Balaban J connectivity index is 1.83. The predicted molar refractivity (Wildman–Crippen MR) is 104 cm³/mol. The lowest BCUT2D eigenvalue weighted by atomic mass is 10.1. The van der Waals surface area contributed by atoms with Gasteiger partial charge in [0.25, 0.3) is 5.56 Å². The van der Waals surface area contributed by atoms with Crippen LogP contribution < -0.4 is 5.56 Å². The molecular weight excluding hydrogens is 352 g/mol. The van der Waals surface area contributed by atoms with Crippen molar-refractivity contribution in [1.29, 1.82) is 0 Å². The minimum atomic E-state index is 0.0298. The fourth-order valence-electron chi connectivity index (χ4n) is 2.93. The molecule has 0 radical (unpaired) electrons. The molecule has 0 saturated carbocycles. The van der Waals surface area contributed by atoms with Crippen LogP contribution in [-0.4, -0.2) is 19.2 Å². The maximum absolute atomic E-state index is 12.7. The Kier molecular flexibility index (Phi) is 4.35. The van der Waals surface area contributed by atoms with E-state index in [4.69, 9.17) is 0 Å². The van der Waals surface area contributed by atoms with Crippen molar-refractivity contribution in [2.45, 2.75) is 37.7 Å². The monoisotopic (exact) mass is 370 g/mol. The molecule has 0 spiro atoms. The van der Waals surface area contributed by atoms with Crippen LogP contribution in [-0.2, 0) is 12.3 Å². The summed E-state index contributed by atoms with van der Waals surface area (Å²) in [5.41, 5.74) is 3.48. The summed E-state index contributed by atoms with van der Waals surface area (Å²) >= 11 is 3.13. The van der Waals surface area contributed by atoms with Crippen LogP contribution in [0, 0.1) is 6.92 Å². The molecule has 0 bridgehead atoms. The smallest absolute Gasteiger partial charge is 0.272 e. The maximum atomic E-state index is 12.7. The van der Waals surface area contributed by atoms with Crippen LogP contribution >= 0.6 is 23.1 Å². The van der Waals surface area contributed by atoms with Crippen LogP contribution in [0.5, 0.6) is 0 Å². The molecule has 0 atom stereocenters. The molecule has 5 nitrogen and oxygen atoms in total. The maximum Gasteiger partial charge on any atom is 0.272 e. The summed E-state index contributed by atoms with van der Waals surface area (Å²) < 4.78 is 4.52. The van der Waals surface area contributed by atoms with Gasteiger partial charge in [0.15, 0.2) is 5.16 Å². The van der Waals surface area contributed by atoms with Crippen LogP contribution in [0.4, 0.5) is 0 Å². The van der Waals surface area contributed by atoms with E-state index in [1.807, 2.05) is 21.9 Å². The zero-order valence-electron chi connectivity index (χ0n) is 14.1. The molecule has 0 fully saturated rings. The zero-order valence-corrected chi connectivity index (χ0v) is 15.7. The van der Waals surface area contributed by atoms with Crippen molar-refractivity contribution in [1.82, 2.24) is 19.2 Å². The van der Waals surface area contributed by atoms with Gasteiger partial charge in [-0.2, -0.15) is 0 Å². The van der Waals surface area contributed by atoms with Gasteiger partial charge in [-0.15, -0.1) is 21.5 Å². The molecule has 0 aliphatic carbocycles. The van der Waals surface area contributed by atoms with E-state index in [-0.39, 0.29) is 5.56 Å². The molecule has 1 aromatic carbocycles. The first-order valence-corrected chi connectivity index (χ1v) is 10.1. The molecule has 3 aromatic heterocycles. The molecule has 7 heteroatoms. The average molecular weight is 371 g/mol. The highest BCUT2D eigenvalue weighted by Crippen LogP contribution is 2.27. The molecule has 4 aromatic rings. The fraction of sp³-hybridized carbons (Fsp3) is 0.278. The fourth-order valence-corrected chi connectivity index (χ4v) is 4.77. The van der Waals surface area contributed by atoms with Crippen LogP contribution in [0.25, 0.3) is 16.0 Å². The van der Waals surface area contributed by atoms with Gasteiger partial charge in [-0.05, 0) is 35.9 Å². The molecule has 25 heavy (non-hydrogen) atoms. The molecule has 0 N–H and O–H groups in total. The lowest BCUT2D eigenvalue weighted by molar-refractivity contribution is 0.663. The second-order valence-electron chi connectivity index (χ2n) is 5.92. The average Bonchev–Trinajstić information content (AvgIpc) is 3.24. The first-order valence-electron chi connectivity index (χ1n) is 8.23. The van der Waals surface area contributed by atoms with Crippen LogP contribution in [0.15, 0.2) is 45.7 Å². The summed E-state index contributed by atoms with van der Waals surface area (Å²) in [6.07, 6.45) is 0.880. The third-order valence-corrected chi connectivity index (χ3v) is 6.12. The first kappa shape index (κ1) is 16.4. The summed E-state index contributed by atoms with van der Waals surface area (Å²) in [5.74, 6) is 1.46. The Morgan fingerprint density at radius 1 is 1.20 bits per heavy atom. The van der Waals surface area contributed by atoms with Gasteiger partial charge in [-0.1, -0.05) is 43.0 Å². The van der Waals surface area contributed by atoms with Crippen molar-refractivity contribution in [2.24, 2.45) is 0 Å². The van der Waals surface area contributed by atoms with Gasteiger partial charge in [0.2, 0.25) is 5.78 Å². The number of benzene rings is 1. The Morgan fingerprint density at radius 3 is 2.84 bits per heavy atom. The quantitative estimate of drug-likeness (QED) is 0.496. The Morgan fingerprint density at radius 2 is 2.04 bits per heavy atom. The van der Waals surface area contributed by atoms with Gasteiger partial charge < -0.3 is 0 Å². The Bertz CT molecular complexity index is 1110. The third kappa shape index (κ3) is 2.77. The van der Waals surface area contributed by atoms with Crippen LogP contribution in [0.2, 0.25) is 0 Å². The summed E-state index contributed by atoms with van der Waals surface area (Å²) in [6, 6.07) is 10.3. The normalized spacial score (nSPS) is 11.6. The lowest BCUT2D eigenvalue weighted by Gasteiger charge is -2.08. The van der Waals surface area contributed by atoms with Crippen molar-refractivity contribution in [2.75, 3.05) is 0 Å². The van der Waals surface area contributed by atoms with E-state index < -0.39 is 0 Å². The van der Waals surface area contributed by atoms with Gasteiger partial charge >= 0.3 is 0 Å². The van der Waals surface area contributed by atoms with Crippen LogP contribution in [0.1, 0.15) is 24.5 Å². The predicted octanol–water partition coefficient (Wildman–Crippen LogP) is 4.12. The van der Waals surface area contributed by atoms with Gasteiger partial charge in [0.1, 0.15) is 4.70 Å². The molecule has 4 rings (SSSR count). The van der Waals surface area contributed by atoms with Gasteiger partial charge in [0.05, 0.1) is 5.52 Å². The topological polar surface area (TPSA) is 52.2 Å². The first-order chi connectivity index (χ1) is 12.2. The Hall–Kier alpha value is -2.12. The van der Waals surface area contributed by atoms with E-state index in [0.717, 1.165) is 27.5 Å². The molecule has 0 aliphatic rings. The summed E-state index contributed by atoms with van der Waals surface area (Å²) in [5, 5.41) is 11.5. The van der Waals surface area contributed by atoms with Gasteiger partial charge in [0, 0.05) is 12.3 Å². The molecule has 3 heterocycles. The summed E-state index contributed by atoms with van der Waals surface area (Å²) in [6.45, 7) is 4.83. The highest BCUT2D eigenvalue weighted by Gasteiger charge is 2.17. The summed E-state index contributed by atoms with van der Waals surface area (Å²) in [4.78, 5) is 12.7. The SMILES string of the molecule is CCCn1c(=O)c2sccc2n2c(SCc3ccccc3C)nnc12.